The average molecular weight is 714 g/mol. The molecule has 3 fully saturated rings. The highest BCUT2D eigenvalue weighted by atomic mass is 32.3. The van der Waals surface area contributed by atoms with Crippen molar-refractivity contribution in [3.05, 3.63) is 5.89 Å². The molecule has 1 N–H and O–H groups in total. The second-order valence-electron chi connectivity index (χ2n) is 14.9. The molecule has 3 amide bonds. The first-order valence-corrected chi connectivity index (χ1v) is 19.7. The Balaban J connectivity index is 1.80. The van der Waals surface area contributed by atoms with Crippen molar-refractivity contribution in [2.45, 2.75) is 130 Å². The van der Waals surface area contributed by atoms with Gasteiger partial charge < -0.3 is 33.5 Å². The van der Waals surface area contributed by atoms with E-state index in [0.29, 0.717) is 32.0 Å². The third-order valence-corrected chi connectivity index (χ3v) is 11.7. The number of hydrogen-bond donors (Lipinski definition) is 1. The number of quaternary nitrogens is 1. The van der Waals surface area contributed by atoms with Gasteiger partial charge in [0.25, 0.3) is 0 Å². The summed E-state index contributed by atoms with van der Waals surface area (Å²) in [5, 5.41) is 21.2. The van der Waals surface area contributed by atoms with Gasteiger partial charge in [-0.1, -0.05) is 72.3 Å². The topological polar surface area (TPSA) is 173 Å². The molecule has 16 heteroatoms. The summed E-state index contributed by atoms with van der Waals surface area (Å²) in [6.07, 6.45) is 9.10. The predicted octanol–water partition coefficient (Wildman–Crippen LogP) is 4.17. The molecule has 2 bridgehead atoms. The van der Waals surface area contributed by atoms with E-state index < -0.39 is 39.5 Å². The molecule has 4 rings (SSSR count). The van der Waals surface area contributed by atoms with Crippen LogP contribution in [0.2, 0.25) is 0 Å². The van der Waals surface area contributed by atoms with Gasteiger partial charge in [0.15, 0.2) is 0 Å². The maximum atomic E-state index is 14.1. The van der Waals surface area contributed by atoms with Gasteiger partial charge in [0.2, 0.25) is 5.89 Å². The molecule has 3 atom stereocenters. The lowest BCUT2D eigenvalue weighted by atomic mass is 9.63. The number of amides is 3. The number of hydroxylamine groups is 2. The minimum atomic E-state index is -4.94. The molecule has 1 aromatic rings. The number of carboxylic acid groups (broad SMARTS) is 1. The largest absolute Gasteiger partial charge is 0.530 e. The van der Waals surface area contributed by atoms with Gasteiger partial charge in [-0.2, -0.15) is 13.5 Å². The van der Waals surface area contributed by atoms with Crippen LogP contribution in [0.15, 0.2) is 4.42 Å². The van der Waals surface area contributed by atoms with Crippen LogP contribution in [0.4, 0.5) is 15.6 Å². The van der Waals surface area contributed by atoms with Crippen LogP contribution in [0.3, 0.4) is 0 Å². The van der Waals surface area contributed by atoms with Crippen molar-refractivity contribution in [3.8, 4) is 0 Å². The van der Waals surface area contributed by atoms with Gasteiger partial charge in [-0.05, 0) is 38.5 Å². The van der Waals surface area contributed by atoms with Gasteiger partial charge in [0, 0.05) is 44.6 Å². The molecule has 0 radical (unpaired) electrons. The van der Waals surface area contributed by atoms with Gasteiger partial charge in [-0.15, -0.1) is 9.38 Å². The van der Waals surface area contributed by atoms with Crippen LogP contribution in [0, 0.1) is 5.41 Å². The average Bonchev–Trinajstić information content (AvgIpc) is 3.64. The van der Waals surface area contributed by atoms with Crippen LogP contribution in [-0.4, -0.2) is 119 Å². The highest BCUT2D eigenvalue weighted by Gasteiger charge is 2.64. The van der Waals surface area contributed by atoms with Crippen LogP contribution in [-0.2, 0) is 20.2 Å². The third kappa shape index (κ3) is 8.28. The van der Waals surface area contributed by atoms with E-state index in [-0.39, 0.29) is 31.5 Å². The summed E-state index contributed by atoms with van der Waals surface area (Å²) in [4.78, 5) is 30.2. The number of carbonyl (C=O) groups excluding carboxylic acids is 2. The number of rotatable bonds is 19. The summed E-state index contributed by atoms with van der Waals surface area (Å²) in [7, 11) is -4.94. The van der Waals surface area contributed by atoms with E-state index in [9.17, 15) is 27.7 Å². The second-order valence-corrected chi connectivity index (χ2v) is 15.9. The van der Waals surface area contributed by atoms with Crippen molar-refractivity contribution in [1.29, 1.82) is 0 Å². The van der Waals surface area contributed by atoms with Crippen molar-refractivity contribution in [2.24, 2.45) is 5.41 Å². The molecule has 280 valence electrons. The predicted molar refractivity (Wildman–Crippen MR) is 181 cm³/mol. The summed E-state index contributed by atoms with van der Waals surface area (Å²) in [6, 6.07) is -0.723. The molecule has 0 aliphatic carbocycles. The summed E-state index contributed by atoms with van der Waals surface area (Å²) in [5.74, 6) is 0.263. The number of piperazine rings is 1. The van der Waals surface area contributed by atoms with E-state index in [1.54, 1.807) is 4.90 Å². The van der Waals surface area contributed by atoms with E-state index in [2.05, 4.69) is 51.7 Å². The molecule has 1 unspecified atom stereocenters. The van der Waals surface area contributed by atoms with Crippen molar-refractivity contribution < 1.29 is 40.9 Å². The zero-order chi connectivity index (χ0) is 36.0. The Morgan fingerprint density at radius 3 is 2.14 bits per heavy atom. The molecule has 15 nitrogen and oxygen atoms in total. The molecular formula is C33H59N7O8S. The van der Waals surface area contributed by atoms with Crippen molar-refractivity contribution >= 4 is 28.5 Å². The van der Waals surface area contributed by atoms with Crippen LogP contribution in [0.1, 0.15) is 118 Å². The zero-order valence-corrected chi connectivity index (χ0v) is 31.2. The monoisotopic (exact) mass is 713 g/mol. The Morgan fingerprint density at radius 2 is 1.63 bits per heavy atom. The number of fused-ring (bicyclic) bond motifs is 2. The first-order chi connectivity index (χ1) is 23.2. The van der Waals surface area contributed by atoms with Crippen molar-refractivity contribution in [1.82, 2.24) is 25.1 Å². The molecule has 49 heavy (non-hydrogen) atoms. The van der Waals surface area contributed by atoms with Crippen molar-refractivity contribution in [3.63, 3.8) is 0 Å². The molecule has 3 saturated heterocycles. The van der Waals surface area contributed by atoms with Gasteiger partial charge in [0.05, 0.1) is 31.7 Å². The van der Waals surface area contributed by atoms with Crippen LogP contribution in [0.5, 0.6) is 0 Å². The number of anilines is 1. The lowest BCUT2D eigenvalue weighted by Gasteiger charge is -2.54. The number of hydrogen-bond acceptors (Lipinski definition) is 10. The Labute approximate surface area is 292 Å². The molecule has 4 heterocycles. The molecule has 0 aromatic carbocycles. The standard InChI is InChI=1S/C33H59N7O8S/c1-7-11-21-40(22-12-8-2,23-13-9-3)27(14-10-4)24-32(5,6)33(16-15-26-25-38(33)30(41)39(26)48-49(44,45)46)28-34-35-29(47-28)36-17-19-37(20-18-36)31(42)43/h26-27H,7-25H2,1-6H3,(H-,42,43,44,45,46)/t26-,27?,33-/m1/s1. The molecule has 3 aliphatic rings. The van der Waals surface area contributed by atoms with Gasteiger partial charge in [0.1, 0.15) is 11.6 Å². The van der Waals surface area contributed by atoms with E-state index >= 15 is 0 Å². The first-order valence-electron chi connectivity index (χ1n) is 18.4. The van der Waals surface area contributed by atoms with E-state index in [0.717, 1.165) is 87.0 Å². The zero-order valence-electron chi connectivity index (χ0n) is 30.4. The Kier molecular flexibility index (Phi) is 12.9. The minimum Gasteiger partial charge on any atom is -0.530 e. The lowest BCUT2D eigenvalue weighted by molar-refractivity contribution is -0.953. The summed E-state index contributed by atoms with van der Waals surface area (Å²) >= 11 is 0. The highest BCUT2D eigenvalue weighted by Crippen LogP contribution is 2.56. The highest BCUT2D eigenvalue weighted by molar-refractivity contribution is 7.80. The number of urea groups is 1. The van der Waals surface area contributed by atoms with Crippen LogP contribution < -0.4 is 10.0 Å². The molecule has 3 aliphatic heterocycles. The fourth-order valence-electron chi connectivity index (χ4n) is 8.64. The molecule has 0 saturated carbocycles. The number of nitrogens with zero attached hydrogens (tertiary/aromatic N) is 7. The summed E-state index contributed by atoms with van der Waals surface area (Å²) in [6.45, 7) is 17.9. The Bertz CT molecular complexity index is 1340. The van der Waals surface area contributed by atoms with Gasteiger partial charge in [-0.25, -0.2) is 4.79 Å². The van der Waals surface area contributed by atoms with E-state index in [4.69, 9.17) is 8.70 Å². The molecular weight excluding hydrogens is 654 g/mol. The van der Waals surface area contributed by atoms with Crippen LogP contribution >= 0.6 is 0 Å². The fourth-order valence-corrected chi connectivity index (χ4v) is 9.03. The lowest BCUT2D eigenvalue weighted by Crippen LogP contribution is -2.63. The first kappa shape index (κ1) is 39.1. The van der Waals surface area contributed by atoms with Gasteiger partial charge >= 0.3 is 22.4 Å². The molecule has 1 aromatic heterocycles. The van der Waals surface area contributed by atoms with E-state index in [1.807, 2.05) is 4.90 Å². The second kappa shape index (κ2) is 16.1. The maximum absolute atomic E-state index is 14.1. The number of unbranched alkanes of at least 4 members (excludes halogenated alkanes) is 3. The number of aromatic nitrogens is 2. The van der Waals surface area contributed by atoms with E-state index in [1.165, 1.54) is 4.90 Å². The molecule has 0 spiro atoms. The normalized spacial score (nSPS) is 22.7. The summed E-state index contributed by atoms with van der Waals surface area (Å²) in [5.41, 5.74) is -1.74. The Hall–Kier alpha value is -2.69. The van der Waals surface area contributed by atoms with Crippen molar-refractivity contribution in [2.75, 3.05) is 57.3 Å². The fraction of sp³-hybridized carbons (Fsp3) is 0.879. The summed E-state index contributed by atoms with van der Waals surface area (Å²) < 4.78 is 45.5. The number of carbonyl (C=O) groups is 2. The third-order valence-electron chi connectivity index (χ3n) is 11.3. The smallest absolute Gasteiger partial charge is 0.418 e. The SMILES string of the molecule is CCCC[N+](CCCC)(CCCC)C(CCC)CC(C)(C)[C@]1(c2nnc(N3CCN(C(=O)[O-])CC3)o2)CC[C@@H]2CN1C(=O)N2OS(=O)(=O)O. The maximum Gasteiger partial charge on any atom is 0.418 e. The van der Waals surface area contributed by atoms with Gasteiger partial charge in [-0.3, -0.25) is 4.55 Å². The Morgan fingerprint density at radius 1 is 1.04 bits per heavy atom. The minimum absolute atomic E-state index is 0.166. The van der Waals surface area contributed by atoms with Crippen LogP contribution in [0.25, 0.3) is 0 Å². The quantitative estimate of drug-likeness (QED) is 0.161. The number of piperidine rings is 1.